The van der Waals surface area contributed by atoms with E-state index in [0.717, 1.165) is 6.42 Å². The number of ether oxygens (including phenoxy) is 1. The molecule has 0 aliphatic rings. The molecule has 0 bridgehead atoms. The monoisotopic (exact) mass is 322 g/mol. The van der Waals surface area contributed by atoms with E-state index < -0.39 is 4.92 Å². The topological polar surface area (TPSA) is 141 Å². The van der Waals surface area contributed by atoms with Crippen molar-refractivity contribution in [1.82, 2.24) is 9.97 Å². The van der Waals surface area contributed by atoms with Gasteiger partial charge >= 0.3 is 5.69 Å². The number of nitrogens with one attached hydrogen (secondary N) is 2. The summed E-state index contributed by atoms with van der Waals surface area (Å²) in [5.41, 5.74) is 5.32. The number of hydrogen-bond donors (Lipinski definition) is 3. The van der Waals surface area contributed by atoms with Crippen molar-refractivity contribution < 1.29 is 14.1 Å². The first-order chi connectivity index (χ1) is 11.1. The van der Waals surface area contributed by atoms with Crippen molar-refractivity contribution in [3.05, 3.63) is 34.3 Å². The largest absolute Gasteiger partial charge is 0.467 e. The minimum atomic E-state index is -0.617. The molecule has 0 radical (unpaired) electrons. The molecule has 2 rings (SSSR count). The van der Waals surface area contributed by atoms with Gasteiger partial charge in [-0.15, -0.1) is 0 Å². The Bertz CT molecular complexity index is 646. The standard InChI is InChI=1S/C13H18N6O4/c1-22-6-3-5-15-13-17-11(14)10(19(20)21)12(18-13)16-8-9-4-2-7-23-9/h2,4,7H,3,5-6,8H2,1H3,(H4,14,15,16,17,18). The lowest BCUT2D eigenvalue weighted by atomic mass is 10.4. The third kappa shape index (κ3) is 4.54. The van der Waals surface area contributed by atoms with Crippen LogP contribution in [0.5, 0.6) is 0 Å². The Kier molecular flexibility index (Phi) is 5.69. The van der Waals surface area contributed by atoms with Gasteiger partial charge in [-0.1, -0.05) is 0 Å². The molecule has 2 heterocycles. The number of nitrogens with two attached hydrogens (primary N) is 1. The van der Waals surface area contributed by atoms with Gasteiger partial charge < -0.3 is 25.5 Å². The summed E-state index contributed by atoms with van der Waals surface area (Å²) in [5.74, 6) is 0.659. The number of aromatic nitrogens is 2. The van der Waals surface area contributed by atoms with E-state index in [1.807, 2.05) is 0 Å². The third-order valence-corrected chi connectivity index (χ3v) is 2.91. The molecule has 2 aromatic rings. The number of furan rings is 1. The van der Waals surface area contributed by atoms with Gasteiger partial charge in [0.05, 0.1) is 17.7 Å². The van der Waals surface area contributed by atoms with Crippen molar-refractivity contribution >= 4 is 23.3 Å². The predicted octanol–water partition coefficient (Wildman–Crippen LogP) is 1.62. The number of methoxy groups -OCH3 is 1. The van der Waals surface area contributed by atoms with E-state index in [1.165, 1.54) is 6.26 Å². The van der Waals surface area contributed by atoms with E-state index >= 15 is 0 Å². The highest BCUT2D eigenvalue weighted by Gasteiger charge is 2.23. The van der Waals surface area contributed by atoms with Crippen LogP contribution in [0, 0.1) is 10.1 Å². The molecule has 2 aromatic heterocycles. The molecule has 0 atom stereocenters. The number of nitrogens with zero attached hydrogens (tertiary/aromatic N) is 3. The normalized spacial score (nSPS) is 10.5. The Hall–Kier alpha value is -2.88. The SMILES string of the molecule is COCCCNc1nc(N)c([N+](=O)[O-])c(NCc2ccco2)n1. The van der Waals surface area contributed by atoms with Crippen LogP contribution in [-0.2, 0) is 11.3 Å². The highest BCUT2D eigenvalue weighted by molar-refractivity contribution is 5.69. The maximum absolute atomic E-state index is 11.2. The fraction of sp³-hybridized carbons (Fsp3) is 0.385. The minimum absolute atomic E-state index is 0.0353. The van der Waals surface area contributed by atoms with E-state index in [1.54, 1.807) is 19.2 Å². The van der Waals surface area contributed by atoms with Crippen molar-refractivity contribution in [2.75, 3.05) is 36.6 Å². The molecule has 10 heteroatoms. The quantitative estimate of drug-likeness (QED) is 0.356. The zero-order chi connectivity index (χ0) is 16.7. The van der Waals surface area contributed by atoms with Crippen LogP contribution in [0.1, 0.15) is 12.2 Å². The Labute approximate surface area is 132 Å². The lowest BCUT2D eigenvalue weighted by Gasteiger charge is -2.10. The molecule has 23 heavy (non-hydrogen) atoms. The van der Waals surface area contributed by atoms with Gasteiger partial charge in [0, 0.05) is 20.3 Å². The molecule has 4 N–H and O–H groups in total. The maximum Gasteiger partial charge on any atom is 0.353 e. The fourth-order valence-corrected chi connectivity index (χ4v) is 1.86. The second-order valence-electron chi connectivity index (χ2n) is 4.59. The fourth-order valence-electron chi connectivity index (χ4n) is 1.86. The first-order valence-corrected chi connectivity index (χ1v) is 6.92. The van der Waals surface area contributed by atoms with Gasteiger partial charge in [0.2, 0.25) is 17.6 Å². The molecule has 0 spiro atoms. The first kappa shape index (κ1) is 16.5. The van der Waals surface area contributed by atoms with Crippen LogP contribution in [0.3, 0.4) is 0 Å². The van der Waals surface area contributed by atoms with Gasteiger partial charge in [-0.25, -0.2) is 0 Å². The van der Waals surface area contributed by atoms with Gasteiger partial charge in [0.15, 0.2) is 0 Å². The van der Waals surface area contributed by atoms with Crippen molar-refractivity contribution in [3.8, 4) is 0 Å². The summed E-state index contributed by atoms with van der Waals surface area (Å²) < 4.78 is 10.1. The number of hydrogen-bond acceptors (Lipinski definition) is 9. The second kappa shape index (κ2) is 7.94. The Balaban J connectivity index is 2.14. The van der Waals surface area contributed by atoms with Crippen LogP contribution in [0.15, 0.2) is 22.8 Å². The van der Waals surface area contributed by atoms with Gasteiger partial charge in [0.25, 0.3) is 0 Å². The average Bonchev–Trinajstić information content (AvgIpc) is 3.02. The summed E-state index contributed by atoms with van der Waals surface area (Å²) in [6.45, 7) is 1.38. The summed E-state index contributed by atoms with van der Waals surface area (Å²) in [7, 11) is 1.61. The zero-order valence-corrected chi connectivity index (χ0v) is 12.6. The van der Waals surface area contributed by atoms with Crippen LogP contribution in [-0.4, -0.2) is 35.2 Å². The van der Waals surface area contributed by atoms with Crippen LogP contribution >= 0.6 is 0 Å². The summed E-state index contributed by atoms with van der Waals surface area (Å²) in [6, 6.07) is 3.47. The minimum Gasteiger partial charge on any atom is -0.467 e. The van der Waals surface area contributed by atoms with Crippen LogP contribution in [0.25, 0.3) is 0 Å². The average molecular weight is 322 g/mol. The van der Waals surface area contributed by atoms with E-state index in [0.29, 0.717) is 18.9 Å². The van der Waals surface area contributed by atoms with E-state index in [2.05, 4.69) is 20.6 Å². The van der Waals surface area contributed by atoms with E-state index in [9.17, 15) is 10.1 Å². The van der Waals surface area contributed by atoms with Crippen LogP contribution in [0.2, 0.25) is 0 Å². The van der Waals surface area contributed by atoms with Gasteiger partial charge in [-0.3, -0.25) is 10.1 Å². The highest BCUT2D eigenvalue weighted by Crippen LogP contribution is 2.29. The van der Waals surface area contributed by atoms with Crippen molar-refractivity contribution in [3.63, 3.8) is 0 Å². The van der Waals surface area contributed by atoms with E-state index in [-0.39, 0.29) is 29.8 Å². The molecular weight excluding hydrogens is 304 g/mol. The molecule has 0 saturated carbocycles. The summed E-state index contributed by atoms with van der Waals surface area (Å²) >= 11 is 0. The molecule has 0 amide bonds. The zero-order valence-electron chi connectivity index (χ0n) is 12.6. The maximum atomic E-state index is 11.2. The molecule has 0 fully saturated rings. The van der Waals surface area contributed by atoms with Crippen molar-refractivity contribution in [2.24, 2.45) is 0 Å². The third-order valence-electron chi connectivity index (χ3n) is 2.91. The Morgan fingerprint density at radius 2 is 2.26 bits per heavy atom. The second-order valence-corrected chi connectivity index (χ2v) is 4.59. The molecule has 0 saturated heterocycles. The van der Waals surface area contributed by atoms with Crippen molar-refractivity contribution in [1.29, 1.82) is 0 Å². The molecule has 0 aliphatic carbocycles. The summed E-state index contributed by atoms with van der Waals surface area (Å²) in [6.07, 6.45) is 2.26. The molecular formula is C13H18N6O4. The first-order valence-electron chi connectivity index (χ1n) is 6.92. The smallest absolute Gasteiger partial charge is 0.353 e. The lowest BCUT2D eigenvalue weighted by molar-refractivity contribution is -0.383. The number of nitro groups is 1. The van der Waals surface area contributed by atoms with Crippen molar-refractivity contribution in [2.45, 2.75) is 13.0 Å². The van der Waals surface area contributed by atoms with Crippen LogP contribution < -0.4 is 16.4 Å². The molecule has 124 valence electrons. The molecule has 0 aliphatic heterocycles. The number of nitrogen functional groups attached to an aromatic ring is 1. The predicted molar refractivity (Wildman–Crippen MR) is 84.1 cm³/mol. The molecule has 0 aromatic carbocycles. The van der Waals surface area contributed by atoms with Gasteiger partial charge in [-0.05, 0) is 18.6 Å². The number of anilines is 3. The summed E-state index contributed by atoms with van der Waals surface area (Å²) in [5, 5.41) is 17.0. The molecule has 0 unspecified atom stereocenters. The lowest BCUT2D eigenvalue weighted by Crippen LogP contribution is -2.13. The highest BCUT2D eigenvalue weighted by atomic mass is 16.6. The number of rotatable bonds is 9. The Morgan fingerprint density at radius 3 is 2.91 bits per heavy atom. The Morgan fingerprint density at radius 1 is 1.43 bits per heavy atom. The van der Waals surface area contributed by atoms with E-state index in [4.69, 9.17) is 14.9 Å². The van der Waals surface area contributed by atoms with Crippen LogP contribution in [0.4, 0.5) is 23.3 Å². The van der Waals surface area contributed by atoms with Gasteiger partial charge in [0.1, 0.15) is 5.76 Å². The summed E-state index contributed by atoms with van der Waals surface area (Å²) in [4.78, 5) is 18.6. The van der Waals surface area contributed by atoms with Gasteiger partial charge in [-0.2, -0.15) is 9.97 Å². The molecule has 10 nitrogen and oxygen atoms in total.